The fourth-order valence-corrected chi connectivity index (χ4v) is 2.44. The molecule has 15 heavy (non-hydrogen) atoms. The molecule has 0 saturated carbocycles. The zero-order valence-corrected chi connectivity index (χ0v) is 8.99. The van der Waals surface area contributed by atoms with Gasteiger partial charge >= 0.3 is 0 Å². The van der Waals surface area contributed by atoms with Crippen LogP contribution in [0.5, 0.6) is 0 Å². The molecule has 1 aromatic heterocycles. The van der Waals surface area contributed by atoms with Gasteiger partial charge in [0.1, 0.15) is 11.4 Å². The zero-order valence-electron chi connectivity index (χ0n) is 8.99. The van der Waals surface area contributed by atoms with E-state index in [0.29, 0.717) is 0 Å². The molecule has 82 valence electrons. The summed E-state index contributed by atoms with van der Waals surface area (Å²) in [6.07, 6.45) is 2.18. The van der Waals surface area contributed by atoms with Gasteiger partial charge in [-0.15, -0.1) is 10.2 Å². The smallest absolute Gasteiger partial charge is 0.165 e. The predicted molar refractivity (Wildman–Crippen MR) is 54.3 cm³/mol. The first kappa shape index (κ1) is 9.30. The molecule has 1 unspecified atom stereocenters. The van der Waals surface area contributed by atoms with Crippen molar-refractivity contribution in [3.63, 3.8) is 0 Å². The van der Waals surface area contributed by atoms with E-state index >= 15 is 0 Å². The van der Waals surface area contributed by atoms with Crippen molar-refractivity contribution in [1.29, 1.82) is 0 Å². The maximum atomic E-state index is 5.81. The van der Waals surface area contributed by atoms with Crippen LogP contribution in [0.3, 0.4) is 0 Å². The molecule has 0 aromatic carbocycles. The summed E-state index contributed by atoms with van der Waals surface area (Å²) >= 11 is 0. The predicted octanol–water partition coefficient (Wildman–Crippen LogP) is 0.407. The fraction of sp³-hybridized carbons (Fsp3) is 0.800. The molecular formula is C10H16N4O. The molecule has 1 fully saturated rings. The molecule has 0 spiro atoms. The topological polar surface area (TPSA) is 52.0 Å². The first-order chi connectivity index (χ1) is 7.30. The maximum absolute atomic E-state index is 5.81. The van der Waals surface area contributed by atoms with Gasteiger partial charge in [-0.1, -0.05) is 0 Å². The van der Waals surface area contributed by atoms with Gasteiger partial charge in [-0.2, -0.15) is 0 Å². The lowest BCUT2D eigenvalue weighted by molar-refractivity contribution is 0.00582. The monoisotopic (exact) mass is 208 g/mol. The average molecular weight is 208 g/mol. The Bertz CT molecular complexity index is 367. The summed E-state index contributed by atoms with van der Waals surface area (Å²) in [6, 6.07) is 0. The Labute approximate surface area is 88.8 Å². The molecule has 1 aromatic rings. The molecule has 2 aliphatic rings. The third-order valence-electron chi connectivity index (χ3n) is 3.31. The van der Waals surface area contributed by atoms with E-state index in [4.69, 9.17) is 4.74 Å². The minimum Gasteiger partial charge on any atom is -0.367 e. The number of ether oxygens (including phenoxy) is 1. The highest BCUT2D eigenvalue weighted by Crippen LogP contribution is 2.34. The van der Waals surface area contributed by atoms with Gasteiger partial charge in [0.25, 0.3) is 0 Å². The maximum Gasteiger partial charge on any atom is 0.165 e. The summed E-state index contributed by atoms with van der Waals surface area (Å²) in [5.74, 6) is 2.05. The molecule has 5 nitrogen and oxygen atoms in total. The Morgan fingerprint density at radius 2 is 2.40 bits per heavy atom. The Morgan fingerprint density at radius 3 is 3.20 bits per heavy atom. The molecule has 0 amide bonds. The lowest BCUT2D eigenvalue weighted by atomic mass is 10.0. The summed E-state index contributed by atoms with van der Waals surface area (Å²) < 4.78 is 8.02. The number of aromatic nitrogens is 3. The van der Waals surface area contributed by atoms with Gasteiger partial charge in [-0.3, -0.25) is 0 Å². The van der Waals surface area contributed by atoms with Gasteiger partial charge in [0.15, 0.2) is 5.82 Å². The summed E-state index contributed by atoms with van der Waals surface area (Å²) in [7, 11) is 0. The van der Waals surface area contributed by atoms with E-state index in [9.17, 15) is 0 Å². The normalized spacial score (nSPS) is 30.5. The van der Waals surface area contributed by atoms with E-state index in [0.717, 1.165) is 50.7 Å². The number of nitrogens with one attached hydrogen (secondary N) is 1. The lowest BCUT2D eigenvalue weighted by Crippen LogP contribution is -2.33. The van der Waals surface area contributed by atoms with Crippen LogP contribution in [0.25, 0.3) is 0 Å². The molecule has 5 heteroatoms. The molecule has 0 aliphatic carbocycles. The highest BCUT2D eigenvalue weighted by Gasteiger charge is 2.37. The Kier molecular flexibility index (Phi) is 2.03. The van der Waals surface area contributed by atoms with E-state index in [1.807, 2.05) is 0 Å². The number of rotatable bonds is 1. The minimum absolute atomic E-state index is 0.206. The van der Waals surface area contributed by atoms with Crippen LogP contribution < -0.4 is 5.32 Å². The van der Waals surface area contributed by atoms with Crippen LogP contribution >= 0.6 is 0 Å². The van der Waals surface area contributed by atoms with Crippen molar-refractivity contribution in [3.05, 3.63) is 11.6 Å². The Morgan fingerprint density at radius 1 is 1.47 bits per heavy atom. The fourth-order valence-electron chi connectivity index (χ4n) is 2.44. The first-order valence-corrected chi connectivity index (χ1v) is 5.57. The van der Waals surface area contributed by atoms with E-state index in [1.165, 1.54) is 0 Å². The molecule has 1 N–H and O–H groups in total. The molecule has 0 radical (unpaired) electrons. The second-order valence-corrected chi connectivity index (χ2v) is 4.45. The van der Waals surface area contributed by atoms with Crippen molar-refractivity contribution in [2.45, 2.75) is 38.5 Å². The SMILES string of the molecule is CC1(c2nnc3n2CCNC3)CCCO1. The van der Waals surface area contributed by atoms with Crippen molar-refractivity contribution in [1.82, 2.24) is 20.1 Å². The highest BCUT2D eigenvalue weighted by molar-refractivity contribution is 5.08. The van der Waals surface area contributed by atoms with Crippen LogP contribution in [-0.4, -0.2) is 27.9 Å². The molecule has 3 rings (SSSR count). The van der Waals surface area contributed by atoms with Gasteiger partial charge in [-0.05, 0) is 19.8 Å². The second-order valence-electron chi connectivity index (χ2n) is 4.45. The van der Waals surface area contributed by atoms with E-state index in [-0.39, 0.29) is 5.60 Å². The molecular weight excluding hydrogens is 192 g/mol. The number of hydrogen-bond donors (Lipinski definition) is 1. The molecule has 0 bridgehead atoms. The van der Waals surface area contributed by atoms with Crippen LogP contribution in [0, 0.1) is 0 Å². The van der Waals surface area contributed by atoms with Gasteiger partial charge in [0.05, 0.1) is 6.54 Å². The number of nitrogens with zero attached hydrogens (tertiary/aromatic N) is 3. The van der Waals surface area contributed by atoms with Crippen LogP contribution in [0.2, 0.25) is 0 Å². The van der Waals surface area contributed by atoms with Crippen molar-refractivity contribution >= 4 is 0 Å². The van der Waals surface area contributed by atoms with Gasteiger partial charge < -0.3 is 14.6 Å². The zero-order chi connectivity index (χ0) is 10.3. The Hall–Kier alpha value is -0.940. The van der Waals surface area contributed by atoms with Crippen LogP contribution in [-0.2, 0) is 23.4 Å². The van der Waals surface area contributed by atoms with Crippen molar-refractivity contribution in [3.8, 4) is 0 Å². The van der Waals surface area contributed by atoms with Crippen molar-refractivity contribution in [2.75, 3.05) is 13.2 Å². The van der Waals surface area contributed by atoms with Crippen molar-refractivity contribution in [2.24, 2.45) is 0 Å². The largest absolute Gasteiger partial charge is 0.367 e. The first-order valence-electron chi connectivity index (χ1n) is 5.57. The van der Waals surface area contributed by atoms with E-state index in [1.54, 1.807) is 0 Å². The standard InChI is InChI=1S/C10H16N4O/c1-10(3-2-6-15-10)9-13-12-8-7-11-4-5-14(8)9/h11H,2-7H2,1H3. The molecule has 1 saturated heterocycles. The number of hydrogen-bond acceptors (Lipinski definition) is 4. The number of fused-ring (bicyclic) bond motifs is 1. The van der Waals surface area contributed by atoms with Gasteiger partial charge in [0.2, 0.25) is 0 Å². The van der Waals surface area contributed by atoms with Crippen LogP contribution in [0.15, 0.2) is 0 Å². The third kappa shape index (κ3) is 1.38. The third-order valence-corrected chi connectivity index (χ3v) is 3.31. The average Bonchev–Trinajstić information content (AvgIpc) is 2.84. The van der Waals surface area contributed by atoms with Gasteiger partial charge in [-0.25, -0.2) is 0 Å². The second kappa shape index (κ2) is 3.28. The summed E-state index contributed by atoms with van der Waals surface area (Å²) in [5.41, 5.74) is -0.206. The van der Waals surface area contributed by atoms with Crippen LogP contribution in [0.1, 0.15) is 31.4 Å². The minimum atomic E-state index is -0.206. The summed E-state index contributed by atoms with van der Waals surface area (Å²) in [4.78, 5) is 0. The summed E-state index contributed by atoms with van der Waals surface area (Å²) in [6.45, 7) is 5.74. The highest BCUT2D eigenvalue weighted by atomic mass is 16.5. The Balaban J connectivity index is 2.00. The summed E-state index contributed by atoms with van der Waals surface area (Å²) in [5, 5.41) is 11.8. The molecule has 1 atom stereocenters. The molecule has 2 aliphatic heterocycles. The quantitative estimate of drug-likeness (QED) is 0.726. The lowest BCUT2D eigenvalue weighted by Gasteiger charge is -2.25. The van der Waals surface area contributed by atoms with Gasteiger partial charge in [0, 0.05) is 19.7 Å². The van der Waals surface area contributed by atoms with Crippen LogP contribution in [0.4, 0.5) is 0 Å². The van der Waals surface area contributed by atoms with E-state index < -0.39 is 0 Å². The molecule has 3 heterocycles. The van der Waals surface area contributed by atoms with E-state index in [2.05, 4.69) is 27.0 Å². The van der Waals surface area contributed by atoms with Crippen molar-refractivity contribution < 1.29 is 4.74 Å².